The maximum atomic E-state index is 12.6. The van der Waals surface area contributed by atoms with E-state index in [1.807, 2.05) is 44.2 Å². The van der Waals surface area contributed by atoms with Gasteiger partial charge in [0.1, 0.15) is 6.04 Å². The molecule has 0 radical (unpaired) electrons. The van der Waals surface area contributed by atoms with Crippen LogP contribution < -0.4 is 16.4 Å². The number of hydrogen-bond acceptors (Lipinski definition) is 3. The first-order valence-corrected chi connectivity index (χ1v) is 10.2. The lowest BCUT2D eigenvalue weighted by Gasteiger charge is -2.26. The molecule has 0 aromatic heterocycles. The highest BCUT2D eigenvalue weighted by atomic mass is 16.2. The van der Waals surface area contributed by atoms with E-state index < -0.39 is 17.4 Å². The molecule has 6 heteroatoms. The third-order valence-electron chi connectivity index (χ3n) is 4.89. The number of nitrogens with one attached hydrogen (secondary N) is 2. The Kier molecular flexibility index (Phi) is 10.3. The fraction of sp³-hybridized carbons (Fsp3) is 0.591. The Bertz CT molecular complexity index is 629. The zero-order valence-corrected chi connectivity index (χ0v) is 17.4. The van der Waals surface area contributed by atoms with Crippen molar-refractivity contribution in [3.05, 3.63) is 35.9 Å². The van der Waals surface area contributed by atoms with Gasteiger partial charge in [0.2, 0.25) is 17.7 Å². The van der Waals surface area contributed by atoms with Gasteiger partial charge in [-0.1, -0.05) is 76.8 Å². The lowest BCUT2D eigenvalue weighted by molar-refractivity contribution is -0.134. The van der Waals surface area contributed by atoms with Crippen molar-refractivity contribution in [1.29, 1.82) is 0 Å². The molecule has 0 saturated heterocycles. The monoisotopic (exact) mass is 389 g/mol. The van der Waals surface area contributed by atoms with Crippen molar-refractivity contribution >= 4 is 17.7 Å². The van der Waals surface area contributed by atoms with Crippen LogP contribution in [0, 0.1) is 5.41 Å². The van der Waals surface area contributed by atoms with E-state index in [-0.39, 0.29) is 18.2 Å². The Balaban J connectivity index is 2.47. The smallest absolute Gasteiger partial charge is 0.240 e. The van der Waals surface area contributed by atoms with E-state index in [0.29, 0.717) is 13.0 Å². The van der Waals surface area contributed by atoms with Gasteiger partial charge in [0, 0.05) is 12.0 Å². The number of rotatable bonds is 13. The van der Waals surface area contributed by atoms with E-state index in [9.17, 15) is 14.4 Å². The molecule has 0 spiro atoms. The summed E-state index contributed by atoms with van der Waals surface area (Å²) in [4.78, 5) is 36.4. The predicted molar refractivity (Wildman–Crippen MR) is 111 cm³/mol. The normalized spacial score (nSPS) is 12.2. The molecule has 0 saturated carbocycles. The highest BCUT2D eigenvalue weighted by Gasteiger charge is 2.31. The molecule has 28 heavy (non-hydrogen) atoms. The van der Waals surface area contributed by atoms with Gasteiger partial charge in [-0.3, -0.25) is 14.4 Å². The molecule has 156 valence electrons. The van der Waals surface area contributed by atoms with Crippen LogP contribution in [0.25, 0.3) is 0 Å². The number of benzene rings is 1. The summed E-state index contributed by atoms with van der Waals surface area (Å²) in [6.07, 6.45) is 5.59. The number of carbonyl (C=O) groups is 3. The number of unbranched alkanes of at least 4 members (excludes halogenated alkanes) is 3. The molecular formula is C22H35N3O3. The van der Waals surface area contributed by atoms with E-state index >= 15 is 0 Å². The second kappa shape index (κ2) is 12.2. The predicted octanol–water partition coefficient (Wildman–Crippen LogP) is 2.70. The summed E-state index contributed by atoms with van der Waals surface area (Å²) in [5.41, 5.74) is 5.91. The minimum atomic E-state index is -1.00. The molecule has 0 heterocycles. The van der Waals surface area contributed by atoms with Crippen LogP contribution in [0.4, 0.5) is 0 Å². The largest absolute Gasteiger partial charge is 0.368 e. The van der Waals surface area contributed by atoms with Crippen LogP contribution in [0.1, 0.15) is 64.9 Å². The maximum Gasteiger partial charge on any atom is 0.240 e. The lowest BCUT2D eigenvalue weighted by Crippen LogP contribution is -2.50. The molecule has 4 N–H and O–H groups in total. The Morgan fingerprint density at radius 3 is 2.36 bits per heavy atom. The van der Waals surface area contributed by atoms with E-state index in [2.05, 4.69) is 17.6 Å². The molecule has 1 rings (SSSR count). The van der Waals surface area contributed by atoms with E-state index in [1.54, 1.807) is 0 Å². The Morgan fingerprint density at radius 2 is 1.75 bits per heavy atom. The first kappa shape index (κ1) is 23.7. The van der Waals surface area contributed by atoms with Crippen molar-refractivity contribution in [2.75, 3.05) is 6.54 Å². The number of nitrogens with two attached hydrogens (primary N) is 1. The summed E-state index contributed by atoms with van der Waals surface area (Å²) in [5.74, 6) is -1.25. The highest BCUT2D eigenvalue weighted by Crippen LogP contribution is 2.24. The van der Waals surface area contributed by atoms with Crippen LogP contribution in [-0.4, -0.2) is 30.3 Å². The summed E-state index contributed by atoms with van der Waals surface area (Å²) < 4.78 is 0. The summed E-state index contributed by atoms with van der Waals surface area (Å²) in [7, 11) is 0. The zero-order valence-electron chi connectivity index (χ0n) is 17.4. The van der Waals surface area contributed by atoms with Gasteiger partial charge >= 0.3 is 0 Å². The van der Waals surface area contributed by atoms with Crippen LogP contribution in [0.3, 0.4) is 0 Å². The molecule has 1 aromatic carbocycles. The molecule has 1 aromatic rings. The van der Waals surface area contributed by atoms with Gasteiger partial charge in [0.15, 0.2) is 0 Å². The topological polar surface area (TPSA) is 101 Å². The van der Waals surface area contributed by atoms with Crippen LogP contribution in [0.5, 0.6) is 0 Å². The Hall–Kier alpha value is -2.37. The minimum Gasteiger partial charge on any atom is -0.368 e. The second-order valence-corrected chi connectivity index (χ2v) is 7.91. The van der Waals surface area contributed by atoms with Gasteiger partial charge in [0.05, 0.1) is 6.42 Å². The third-order valence-corrected chi connectivity index (χ3v) is 4.89. The molecule has 0 bridgehead atoms. The Morgan fingerprint density at radius 1 is 1.07 bits per heavy atom. The fourth-order valence-electron chi connectivity index (χ4n) is 2.93. The fourth-order valence-corrected chi connectivity index (χ4v) is 2.93. The summed E-state index contributed by atoms with van der Waals surface area (Å²) in [6, 6.07) is 8.80. The molecule has 0 aliphatic carbocycles. The number of carbonyl (C=O) groups excluding carboxylic acids is 3. The highest BCUT2D eigenvalue weighted by molar-refractivity contribution is 5.92. The van der Waals surface area contributed by atoms with Crippen LogP contribution in [0.2, 0.25) is 0 Å². The number of amides is 3. The average Bonchev–Trinajstić information content (AvgIpc) is 2.65. The van der Waals surface area contributed by atoms with Gasteiger partial charge in [0.25, 0.3) is 0 Å². The summed E-state index contributed by atoms with van der Waals surface area (Å²) >= 11 is 0. The number of hydrogen-bond donors (Lipinski definition) is 3. The first-order chi connectivity index (χ1) is 13.3. The minimum absolute atomic E-state index is 0.151. The standard InChI is InChI=1S/C22H35N3O3/c1-4-5-6-10-14-22(2,3)21(28)25-18(20(23)27)16-19(26)24-15-13-17-11-8-7-9-12-17/h7-9,11-12,18H,4-6,10,13-16H2,1-3H3,(H2,23,27)(H,24,26)(H,25,28). The van der Waals surface area contributed by atoms with E-state index in [4.69, 9.17) is 5.73 Å². The van der Waals surface area contributed by atoms with Gasteiger partial charge in [-0.15, -0.1) is 0 Å². The first-order valence-electron chi connectivity index (χ1n) is 10.2. The van der Waals surface area contributed by atoms with Crippen molar-refractivity contribution in [3.8, 4) is 0 Å². The van der Waals surface area contributed by atoms with Crippen molar-refractivity contribution in [2.24, 2.45) is 11.1 Å². The van der Waals surface area contributed by atoms with Crippen LogP contribution in [-0.2, 0) is 20.8 Å². The van der Waals surface area contributed by atoms with E-state index in [1.165, 1.54) is 0 Å². The molecule has 0 fully saturated rings. The molecular weight excluding hydrogens is 354 g/mol. The second-order valence-electron chi connectivity index (χ2n) is 7.91. The summed E-state index contributed by atoms with van der Waals surface area (Å²) in [5, 5.41) is 5.44. The molecule has 0 aliphatic heterocycles. The molecule has 1 atom stereocenters. The average molecular weight is 390 g/mol. The summed E-state index contributed by atoms with van der Waals surface area (Å²) in [6.45, 7) is 6.31. The molecule has 6 nitrogen and oxygen atoms in total. The molecule has 3 amide bonds. The molecule has 1 unspecified atom stereocenters. The quantitative estimate of drug-likeness (QED) is 0.452. The van der Waals surface area contributed by atoms with Gasteiger partial charge in [-0.05, 0) is 18.4 Å². The van der Waals surface area contributed by atoms with Crippen LogP contribution >= 0.6 is 0 Å². The van der Waals surface area contributed by atoms with Gasteiger partial charge in [-0.25, -0.2) is 0 Å². The van der Waals surface area contributed by atoms with E-state index in [0.717, 1.165) is 37.7 Å². The Labute approximate surface area is 168 Å². The van der Waals surface area contributed by atoms with Crippen LogP contribution in [0.15, 0.2) is 30.3 Å². The van der Waals surface area contributed by atoms with Crippen molar-refractivity contribution < 1.29 is 14.4 Å². The molecule has 0 aliphatic rings. The zero-order chi connectivity index (χ0) is 21.0. The van der Waals surface area contributed by atoms with Crippen molar-refractivity contribution in [2.45, 2.75) is 71.8 Å². The maximum absolute atomic E-state index is 12.6. The van der Waals surface area contributed by atoms with Crippen molar-refractivity contribution in [1.82, 2.24) is 10.6 Å². The lowest BCUT2D eigenvalue weighted by atomic mass is 9.85. The SMILES string of the molecule is CCCCCCC(C)(C)C(=O)NC(CC(=O)NCCc1ccccc1)C(N)=O. The third kappa shape index (κ3) is 9.02. The number of primary amides is 1. The van der Waals surface area contributed by atoms with Gasteiger partial charge in [-0.2, -0.15) is 0 Å². The van der Waals surface area contributed by atoms with Gasteiger partial charge < -0.3 is 16.4 Å². The van der Waals surface area contributed by atoms with Crippen molar-refractivity contribution in [3.63, 3.8) is 0 Å².